The summed E-state index contributed by atoms with van der Waals surface area (Å²) in [5, 5.41) is 17.3. The Morgan fingerprint density at radius 1 is 1.05 bits per heavy atom. The van der Waals surface area contributed by atoms with E-state index in [1.165, 1.54) is 18.2 Å². The van der Waals surface area contributed by atoms with E-state index in [-0.39, 0.29) is 37.3 Å². The largest absolute Gasteiger partial charge is 0.392 e. The number of anilines is 2. The molecule has 3 aromatic carbocycles. The van der Waals surface area contributed by atoms with Gasteiger partial charge in [-0.1, -0.05) is 52.5 Å². The number of aromatic nitrogens is 2. The van der Waals surface area contributed by atoms with Gasteiger partial charge >= 0.3 is 0 Å². The third-order valence-electron chi connectivity index (χ3n) is 6.14. The Kier molecular flexibility index (Phi) is 7.89. The van der Waals surface area contributed by atoms with Crippen LogP contribution in [-0.2, 0) is 16.6 Å². The normalized spacial score (nSPS) is 15.7. The van der Waals surface area contributed by atoms with E-state index in [4.69, 9.17) is 46.4 Å². The summed E-state index contributed by atoms with van der Waals surface area (Å²) in [5.74, 6) is 0.551. The molecule has 0 bridgehead atoms. The lowest BCUT2D eigenvalue weighted by molar-refractivity contribution is 0.281. The van der Waals surface area contributed by atoms with E-state index in [2.05, 4.69) is 25.3 Å². The van der Waals surface area contributed by atoms with Crippen molar-refractivity contribution in [2.75, 3.05) is 23.1 Å². The van der Waals surface area contributed by atoms with Crippen LogP contribution in [0.3, 0.4) is 0 Å². The Hall–Kier alpha value is -2.37. The molecule has 1 aliphatic heterocycles. The van der Waals surface area contributed by atoms with Gasteiger partial charge in [0.1, 0.15) is 4.90 Å². The van der Waals surface area contributed by atoms with Gasteiger partial charge in [-0.2, -0.15) is 0 Å². The first-order chi connectivity index (χ1) is 18.2. The molecule has 0 radical (unpaired) electrons. The average molecular weight is 613 g/mol. The topological polar surface area (TPSA) is 116 Å². The predicted molar refractivity (Wildman–Crippen MR) is 153 cm³/mol. The Labute approximate surface area is 239 Å². The molecule has 13 heteroatoms. The maximum Gasteiger partial charge on any atom is 0.263 e. The lowest BCUT2D eigenvalue weighted by Crippen LogP contribution is -2.23. The van der Waals surface area contributed by atoms with Crippen molar-refractivity contribution >= 4 is 79.0 Å². The molecule has 0 spiro atoms. The molecule has 1 unspecified atom stereocenters. The van der Waals surface area contributed by atoms with Crippen LogP contribution in [0.4, 0.5) is 11.6 Å². The van der Waals surface area contributed by atoms with Crippen molar-refractivity contribution in [3.05, 3.63) is 74.3 Å². The molecule has 198 valence electrons. The summed E-state index contributed by atoms with van der Waals surface area (Å²) in [6.07, 6.45) is 2.72. The number of nitrogens with zero attached hydrogens (tertiary/aromatic N) is 2. The van der Waals surface area contributed by atoms with Gasteiger partial charge in [0.25, 0.3) is 10.0 Å². The lowest BCUT2D eigenvalue weighted by Gasteiger charge is -2.16. The second-order valence-electron chi connectivity index (χ2n) is 8.73. The quantitative estimate of drug-likeness (QED) is 0.203. The van der Waals surface area contributed by atoms with Crippen molar-refractivity contribution in [1.29, 1.82) is 0 Å². The molecule has 4 N–H and O–H groups in total. The van der Waals surface area contributed by atoms with Gasteiger partial charge in [-0.3, -0.25) is 4.72 Å². The van der Waals surface area contributed by atoms with Gasteiger partial charge in [-0.15, -0.1) is 0 Å². The fraction of sp³-hybridized carbons (Fsp3) is 0.200. The fourth-order valence-corrected chi connectivity index (χ4v) is 6.93. The van der Waals surface area contributed by atoms with E-state index in [0.717, 1.165) is 30.4 Å². The maximum absolute atomic E-state index is 13.2. The van der Waals surface area contributed by atoms with E-state index < -0.39 is 16.6 Å². The molecule has 1 aromatic heterocycles. The van der Waals surface area contributed by atoms with Crippen molar-refractivity contribution in [2.24, 2.45) is 0 Å². The van der Waals surface area contributed by atoms with E-state index in [1.54, 1.807) is 12.3 Å². The van der Waals surface area contributed by atoms with Crippen molar-refractivity contribution in [3.63, 3.8) is 0 Å². The minimum atomic E-state index is -4.22. The SMILES string of the molecule is O=S(=O)(Nc1ccc(Cl)c(-c2ccc3nc(NC4CCNC4)ncc3c2)c1Cl)c1cc(Cl)cc(CO)c1Cl. The number of aliphatic hydroxyl groups excluding tert-OH is 1. The van der Waals surface area contributed by atoms with Crippen LogP contribution in [0.25, 0.3) is 22.0 Å². The molecule has 38 heavy (non-hydrogen) atoms. The molecule has 1 atom stereocenters. The molecule has 1 fully saturated rings. The van der Waals surface area contributed by atoms with E-state index in [0.29, 0.717) is 22.1 Å². The molecule has 0 amide bonds. The van der Waals surface area contributed by atoms with Crippen LogP contribution in [0, 0.1) is 0 Å². The minimum absolute atomic E-state index is 0.0914. The van der Waals surface area contributed by atoms with Crippen LogP contribution >= 0.6 is 46.4 Å². The van der Waals surface area contributed by atoms with Gasteiger partial charge in [-0.25, -0.2) is 18.4 Å². The van der Waals surface area contributed by atoms with Crippen molar-refractivity contribution < 1.29 is 13.5 Å². The van der Waals surface area contributed by atoms with Gasteiger partial charge in [0.05, 0.1) is 32.9 Å². The Bertz CT molecular complexity index is 1650. The van der Waals surface area contributed by atoms with E-state index in [1.807, 2.05) is 18.2 Å². The summed E-state index contributed by atoms with van der Waals surface area (Å²) in [6.45, 7) is 1.35. The molecule has 1 aliphatic rings. The molecule has 8 nitrogen and oxygen atoms in total. The number of fused-ring (bicyclic) bond motifs is 1. The molecular formula is C25H21Cl4N5O3S. The number of hydrogen-bond acceptors (Lipinski definition) is 7. The highest BCUT2D eigenvalue weighted by molar-refractivity contribution is 7.92. The van der Waals surface area contributed by atoms with Gasteiger partial charge in [0.2, 0.25) is 5.95 Å². The predicted octanol–water partition coefficient (Wildman–Crippen LogP) is 5.98. The molecule has 2 heterocycles. The second-order valence-corrected chi connectivity index (χ2v) is 12.0. The number of nitrogens with one attached hydrogen (secondary N) is 3. The summed E-state index contributed by atoms with van der Waals surface area (Å²) >= 11 is 25.5. The molecule has 4 aromatic rings. The van der Waals surface area contributed by atoms with Crippen LogP contribution < -0.4 is 15.4 Å². The van der Waals surface area contributed by atoms with Crippen molar-refractivity contribution in [2.45, 2.75) is 24.0 Å². The zero-order valence-corrected chi connectivity index (χ0v) is 23.4. The Morgan fingerprint density at radius 2 is 1.87 bits per heavy atom. The first-order valence-electron chi connectivity index (χ1n) is 11.5. The summed E-state index contributed by atoms with van der Waals surface area (Å²) in [5.41, 5.74) is 2.09. The van der Waals surface area contributed by atoms with Crippen LogP contribution in [0.2, 0.25) is 20.1 Å². The fourth-order valence-electron chi connectivity index (χ4n) is 4.24. The van der Waals surface area contributed by atoms with E-state index >= 15 is 0 Å². The number of benzene rings is 3. The summed E-state index contributed by atoms with van der Waals surface area (Å²) < 4.78 is 28.9. The van der Waals surface area contributed by atoms with Crippen LogP contribution in [0.1, 0.15) is 12.0 Å². The number of hydrogen-bond donors (Lipinski definition) is 4. The zero-order valence-electron chi connectivity index (χ0n) is 19.6. The van der Waals surface area contributed by atoms with Crippen LogP contribution in [-0.4, -0.2) is 42.6 Å². The molecule has 1 saturated heterocycles. The summed E-state index contributed by atoms with van der Waals surface area (Å²) in [4.78, 5) is 8.74. The number of halogens is 4. The van der Waals surface area contributed by atoms with Gasteiger partial charge in [0.15, 0.2) is 0 Å². The van der Waals surface area contributed by atoms with Gasteiger partial charge < -0.3 is 15.7 Å². The first-order valence-corrected chi connectivity index (χ1v) is 14.5. The van der Waals surface area contributed by atoms with Crippen LogP contribution in [0.5, 0.6) is 0 Å². The average Bonchev–Trinajstić information content (AvgIpc) is 3.40. The maximum atomic E-state index is 13.2. The Balaban J connectivity index is 1.48. The molecular weight excluding hydrogens is 592 g/mol. The third-order valence-corrected chi connectivity index (χ3v) is 9.01. The second kappa shape index (κ2) is 11.0. The first kappa shape index (κ1) is 27.2. The van der Waals surface area contributed by atoms with E-state index in [9.17, 15) is 13.5 Å². The van der Waals surface area contributed by atoms with Gasteiger partial charge in [0, 0.05) is 34.8 Å². The van der Waals surface area contributed by atoms with Crippen molar-refractivity contribution in [3.8, 4) is 11.1 Å². The lowest BCUT2D eigenvalue weighted by atomic mass is 10.0. The number of sulfonamides is 1. The zero-order chi connectivity index (χ0) is 27.0. The molecule has 0 aliphatic carbocycles. The summed E-state index contributed by atoms with van der Waals surface area (Å²) in [6, 6.07) is 11.4. The molecule has 5 rings (SSSR count). The highest BCUT2D eigenvalue weighted by Gasteiger charge is 2.24. The molecule has 0 saturated carbocycles. The third kappa shape index (κ3) is 5.51. The van der Waals surface area contributed by atoms with Gasteiger partial charge in [-0.05, 0) is 60.5 Å². The standard InChI is InChI=1S/C25H21Cl4N5O3S/c26-16-8-15(12-35)23(28)21(9-16)38(36,37)34-20-4-2-18(27)22(24(20)29)13-1-3-19-14(7-13)10-31-25(33-19)32-17-5-6-30-11-17/h1-4,7-10,17,30,34-35H,5-6,11-12H2,(H,31,32,33). The Morgan fingerprint density at radius 3 is 2.61 bits per heavy atom. The number of aliphatic hydroxyl groups is 1. The monoisotopic (exact) mass is 611 g/mol. The smallest absolute Gasteiger partial charge is 0.263 e. The highest BCUT2D eigenvalue weighted by atomic mass is 35.5. The highest BCUT2D eigenvalue weighted by Crippen LogP contribution is 2.41. The summed E-state index contributed by atoms with van der Waals surface area (Å²) in [7, 11) is -4.22. The number of rotatable bonds is 7. The van der Waals surface area contributed by atoms with Crippen molar-refractivity contribution in [1.82, 2.24) is 15.3 Å². The van der Waals surface area contributed by atoms with Crippen LogP contribution in [0.15, 0.2) is 53.6 Å². The minimum Gasteiger partial charge on any atom is -0.392 e.